The maximum absolute atomic E-state index is 14.9. The summed E-state index contributed by atoms with van der Waals surface area (Å²) in [4.78, 5) is 63.2. The van der Waals surface area contributed by atoms with Crippen molar-refractivity contribution in [2.45, 2.75) is 115 Å². The van der Waals surface area contributed by atoms with E-state index in [2.05, 4.69) is 16.0 Å². The van der Waals surface area contributed by atoms with Gasteiger partial charge in [-0.3, -0.25) is 14.4 Å². The van der Waals surface area contributed by atoms with Gasteiger partial charge in [-0.15, -0.1) is 0 Å². The number of sulfonamides is 1. The highest BCUT2D eigenvalue weighted by Gasteiger charge is 2.65. The zero-order valence-electron chi connectivity index (χ0n) is 32.5. The Morgan fingerprint density at radius 1 is 1.15 bits per heavy atom. The van der Waals surface area contributed by atoms with E-state index in [9.17, 15) is 27.6 Å². The van der Waals surface area contributed by atoms with Crippen molar-refractivity contribution in [3.05, 3.63) is 47.7 Å². The van der Waals surface area contributed by atoms with Crippen molar-refractivity contribution in [3.63, 3.8) is 0 Å². The lowest BCUT2D eigenvalue weighted by Gasteiger charge is -2.37. The molecule has 7 rings (SSSR count). The number of fused-ring (bicyclic) bond motifs is 5. The van der Waals surface area contributed by atoms with Crippen molar-refractivity contribution in [1.82, 2.24) is 30.1 Å². The van der Waals surface area contributed by atoms with Crippen molar-refractivity contribution in [2.24, 2.45) is 11.3 Å². The predicted octanol–water partition coefficient (Wildman–Crippen LogP) is 3.50. The molecule has 6 unspecified atom stereocenters. The number of nitrogens with one attached hydrogen (secondary N) is 3. The lowest BCUT2D eigenvalue weighted by molar-refractivity contribution is -0.142. The number of pyridine rings is 1. The quantitative estimate of drug-likeness (QED) is 0.381. The molecule has 2 aromatic rings. The molecule has 298 valence electrons. The molecule has 6 atom stereocenters. The van der Waals surface area contributed by atoms with Gasteiger partial charge in [0.1, 0.15) is 35.1 Å². The molecule has 3 N–H and O–H groups in total. The van der Waals surface area contributed by atoms with Crippen LogP contribution in [0.5, 0.6) is 5.75 Å². The number of ether oxygens (including phenoxy) is 2. The van der Waals surface area contributed by atoms with Crippen LogP contribution in [-0.2, 0) is 35.6 Å². The maximum atomic E-state index is 14.9. The molecule has 5 aliphatic rings. The summed E-state index contributed by atoms with van der Waals surface area (Å²) in [5.41, 5.74) is -0.176. The fraction of sp³-hybridized carbons (Fsp3) is 0.625. The summed E-state index contributed by atoms with van der Waals surface area (Å²) >= 11 is 0. The third-order valence-corrected chi connectivity index (χ3v) is 13.8. The molecule has 0 radical (unpaired) electrons. The predicted molar refractivity (Wildman–Crippen MR) is 206 cm³/mol. The summed E-state index contributed by atoms with van der Waals surface area (Å²) in [6, 6.07) is 5.82. The Bertz CT molecular complexity index is 2020. The molecule has 15 heteroatoms. The number of aryl methyl sites for hydroxylation is 2. The van der Waals surface area contributed by atoms with Crippen molar-refractivity contribution >= 4 is 44.7 Å². The molecule has 0 bridgehead atoms. The smallest absolute Gasteiger partial charge is 0.408 e. The molecule has 4 amide bonds. The number of para-hydroxylation sites is 1. The van der Waals surface area contributed by atoms with Crippen LogP contribution in [0, 0.1) is 18.3 Å². The summed E-state index contributed by atoms with van der Waals surface area (Å²) in [6.07, 6.45) is 7.48. The number of alkyl carbamates (subject to hydrolysis) is 1. The van der Waals surface area contributed by atoms with Gasteiger partial charge in [0.25, 0.3) is 5.91 Å². The van der Waals surface area contributed by atoms with Crippen LogP contribution in [0.25, 0.3) is 10.9 Å². The van der Waals surface area contributed by atoms with E-state index in [1.54, 1.807) is 7.05 Å². The van der Waals surface area contributed by atoms with Crippen molar-refractivity contribution in [3.8, 4) is 5.75 Å². The molecule has 1 aromatic carbocycles. The van der Waals surface area contributed by atoms with Crippen LogP contribution in [0.3, 0.4) is 0 Å². The van der Waals surface area contributed by atoms with Crippen LogP contribution in [0.1, 0.15) is 83.4 Å². The van der Waals surface area contributed by atoms with Crippen LogP contribution in [0.4, 0.5) is 4.79 Å². The van der Waals surface area contributed by atoms with Crippen LogP contribution in [-0.4, -0.2) is 108 Å². The van der Waals surface area contributed by atoms with Crippen molar-refractivity contribution < 1.29 is 37.1 Å². The number of nitrogens with zero attached hydrogens (tertiary/aromatic N) is 3. The van der Waals surface area contributed by atoms with E-state index in [0.717, 1.165) is 33.6 Å². The molecule has 1 saturated carbocycles. The van der Waals surface area contributed by atoms with Crippen LogP contribution >= 0.6 is 0 Å². The number of carbonyl (C=O) groups is 4. The Morgan fingerprint density at radius 3 is 2.64 bits per heavy atom. The first-order chi connectivity index (χ1) is 26.1. The number of benzene rings is 1. The molecular weight excluding hydrogens is 725 g/mol. The van der Waals surface area contributed by atoms with Gasteiger partial charge in [0.05, 0.1) is 30.1 Å². The number of rotatable bonds is 5. The monoisotopic (exact) mass is 778 g/mol. The molecule has 1 spiro atoms. The Labute approximate surface area is 323 Å². The van der Waals surface area contributed by atoms with Crippen LogP contribution in [0.15, 0.2) is 36.4 Å². The topological polar surface area (TPSA) is 176 Å². The number of carbonyl (C=O) groups excluding carboxylic acids is 4. The summed E-state index contributed by atoms with van der Waals surface area (Å²) in [7, 11) is -1.96. The number of aromatic nitrogens is 1. The lowest BCUT2D eigenvalue weighted by atomic mass is 9.87. The van der Waals surface area contributed by atoms with E-state index < -0.39 is 63.2 Å². The molecule has 1 aromatic heterocycles. The van der Waals surface area contributed by atoms with E-state index in [1.807, 2.05) is 64.1 Å². The van der Waals surface area contributed by atoms with E-state index in [1.165, 1.54) is 4.90 Å². The minimum atomic E-state index is -3.74. The average molecular weight is 779 g/mol. The minimum absolute atomic E-state index is 0.0650. The molecular formula is C40H54N6O8S. The molecule has 3 fully saturated rings. The fourth-order valence-corrected chi connectivity index (χ4v) is 9.72. The summed E-state index contributed by atoms with van der Waals surface area (Å²) < 4.78 is 38.8. The van der Waals surface area contributed by atoms with Gasteiger partial charge in [-0.2, -0.15) is 0 Å². The second kappa shape index (κ2) is 14.7. The van der Waals surface area contributed by atoms with Gasteiger partial charge in [0.15, 0.2) is 0 Å². The van der Waals surface area contributed by atoms with Gasteiger partial charge >= 0.3 is 6.09 Å². The second-order valence-electron chi connectivity index (χ2n) is 17.0. The number of hydrogen-bond acceptors (Lipinski definition) is 10. The Balaban J connectivity index is 1.23. The SMILES string of the molecule is CNCC(OC(=O)NC1CCCCCC=CC2CC2(C(=O)N2CCS2(=O)=O)NC(=O)C2CC3(CCc4c(c(C)nc5ccccc45)O3)CN2C1=O)C(C)(C)C. The van der Waals surface area contributed by atoms with E-state index in [4.69, 9.17) is 14.5 Å². The second-order valence-corrected chi connectivity index (χ2v) is 19.1. The molecule has 1 aliphatic carbocycles. The Hall–Kier alpha value is -4.24. The van der Waals surface area contributed by atoms with Crippen molar-refractivity contribution in [1.29, 1.82) is 0 Å². The Kier molecular flexibility index (Phi) is 10.4. The summed E-state index contributed by atoms with van der Waals surface area (Å²) in [6.45, 7) is 8.36. The Morgan fingerprint density at radius 2 is 1.93 bits per heavy atom. The molecule has 2 saturated heterocycles. The summed E-state index contributed by atoms with van der Waals surface area (Å²) in [5.74, 6) is -1.52. The zero-order valence-corrected chi connectivity index (χ0v) is 33.3. The molecule has 55 heavy (non-hydrogen) atoms. The molecule has 5 heterocycles. The normalized spacial score (nSPS) is 29.7. The third-order valence-electron chi connectivity index (χ3n) is 12.0. The van der Waals surface area contributed by atoms with Crippen LogP contribution in [0.2, 0.25) is 0 Å². The highest BCUT2D eigenvalue weighted by Crippen LogP contribution is 2.49. The van der Waals surface area contributed by atoms with E-state index >= 15 is 0 Å². The standard InChI is InChI=1S/C40H54N6O8S/c1-25-33-28(27-14-11-12-15-29(27)42-25)17-18-39(54-33)22-31-34(47)44-40(36(49)46-19-20-55(46,51)52)21-26(40)13-9-7-6-8-10-16-30(35(48)45(31)24-39)43-37(50)53-32(23-41-5)38(2,3)4/h9,11-15,26,30-32,41H,6-8,10,16-24H2,1-5H3,(H,43,50)(H,44,47). The minimum Gasteiger partial charge on any atom is -0.483 e. The first-order valence-electron chi connectivity index (χ1n) is 19.6. The lowest BCUT2D eigenvalue weighted by Crippen LogP contribution is -2.62. The van der Waals surface area contributed by atoms with Gasteiger partial charge in [-0.25, -0.2) is 22.5 Å². The van der Waals surface area contributed by atoms with Gasteiger partial charge in [-0.1, -0.05) is 64.0 Å². The molecule has 4 aliphatic heterocycles. The number of likely N-dealkylation sites (N-methyl/N-ethyl adjacent to an activating group) is 1. The number of allylic oxidation sites excluding steroid dienone is 1. The fourth-order valence-electron chi connectivity index (χ4n) is 8.64. The van der Waals surface area contributed by atoms with Crippen LogP contribution < -0.4 is 20.7 Å². The van der Waals surface area contributed by atoms with Gasteiger partial charge in [0.2, 0.25) is 21.8 Å². The first kappa shape index (κ1) is 39.0. The number of hydrogen-bond donors (Lipinski definition) is 3. The highest BCUT2D eigenvalue weighted by molar-refractivity contribution is 7.90. The van der Waals surface area contributed by atoms with E-state index in [-0.39, 0.29) is 43.0 Å². The zero-order chi connectivity index (χ0) is 39.3. The van der Waals surface area contributed by atoms with E-state index in [0.29, 0.717) is 50.1 Å². The maximum Gasteiger partial charge on any atom is 0.408 e. The molecule has 14 nitrogen and oxygen atoms in total. The largest absolute Gasteiger partial charge is 0.483 e. The first-order valence-corrected chi connectivity index (χ1v) is 21.2. The van der Waals surface area contributed by atoms with Crippen molar-refractivity contribution in [2.75, 3.05) is 32.4 Å². The summed E-state index contributed by atoms with van der Waals surface area (Å²) in [5, 5.41) is 9.90. The average Bonchev–Trinajstić information content (AvgIpc) is 3.70. The third kappa shape index (κ3) is 7.53. The van der Waals surface area contributed by atoms with Gasteiger partial charge in [-0.05, 0) is 58.6 Å². The van der Waals surface area contributed by atoms with Gasteiger partial charge in [0, 0.05) is 35.2 Å². The highest BCUT2D eigenvalue weighted by atomic mass is 32.2. The number of amides is 4. The van der Waals surface area contributed by atoms with Gasteiger partial charge < -0.3 is 30.3 Å².